The highest BCUT2D eigenvalue weighted by atomic mass is 79.9. The predicted molar refractivity (Wildman–Crippen MR) is 119 cm³/mol. The van der Waals surface area contributed by atoms with Crippen molar-refractivity contribution in [2.75, 3.05) is 19.6 Å². The molecule has 2 N–H and O–H groups in total. The first-order chi connectivity index (χ1) is 16.0. The van der Waals surface area contributed by atoms with Crippen LogP contribution in [0.1, 0.15) is 38.4 Å². The summed E-state index contributed by atoms with van der Waals surface area (Å²) >= 11 is 3.35. The van der Waals surface area contributed by atoms with Crippen LogP contribution in [0.15, 0.2) is 40.2 Å². The number of benzene rings is 1. The van der Waals surface area contributed by atoms with Gasteiger partial charge in [0.05, 0.1) is 11.8 Å². The van der Waals surface area contributed by atoms with Gasteiger partial charge in [-0.3, -0.25) is 9.48 Å². The zero-order valence-corrected chi connectivity index (χ0v) is 19.1. The lowest BCUT2D eigenvalue weighted by Crippen LogP contribution is -2.57. The molecule has 11 heteroatoms. The normalized spacial score (nSPS) is 20.5. The Morgan fingerprint density at radius 3 is 2.88 bits per heavy atom. The van der Waals surface area contributed by atoms with E-state index in [4.69, 9.17) is 7.48 Å². The van der Waals surface area contributed by atoms with Crippen LogP contribution in [0.4, 0.5) is 9.18 Å². The van der Waals surface area contributed by atoms with Gasteiger partial charge < -0.3 is 15.0 Å². The third kappa shape index (κ3) is 4.68. The Kier molecular flexibility index (Phi) is 5.58. The molecule has 2 aliphatic heterocycles. The fraction of sp³-hybridized carbons (Fsp3) is 0.429. The van der Waals surface area contributed by atoms with Crippen molar-refractivity contribution in [3.05, 3.63) is 52.0 Å². The van der Waals surface area contributed by atoms with Crippen molar-refractivity contribution in [2.45, 2.75) is 31.4 Å². The summed E-state index contributed by atoms with van der Waals surface area (Å²) in [6.45, 7) is 0.215. The molecule has 32 heavy (non-hydrogen) atoms. The van der Waals surface area contributed by atoms with Gasteiger partial charge in [0.25, 0.3) is 5.91 Å². The number of aryl methyl sites for hydroxylation is 1. The predicted octanol–water partition coefficient (Wildman–Crippen LogP) is 2.42. The van der Waals surface area contributed by atoms with E-state index in [1.165, 1.54) is 23.0 Å². The van der Waals surface area contributed by atoms with E-state index in [0.29, 0.717) is 21.3 Å². The lowest BCUT2D eigenvalue weighted by atomic mass is 9.82. The van der Waals surface area contributed by atoms with Crippen LogP contribution in [0.25, 0.3) is 0 Å². The van der Waals surface area contributed by atoms with Gasteiger partial charge in [0, 0.05) is 64.5 Å². The molecule has 2 amide bonds. The van der Waals surface area contributed by atoms with Gasteiger partial charge >= 0.3 is 6.09 Å². The third-order valence-corrected chi connectivity index (χ3v) is 6.08. The molecule has 1 atom stereocenters. The van der Waals surface area contributed by atoms with Gasteiger partial charge in [-0.1, -0.05) is 15.9 Å². The van der Waals surface area contributed by atoms with E-state index in [0.717, 1.165) is 0 Å². The molecule has 2 aromatic rings. The first-order valence-electron chi connectivity index (χ1n) is 11.1. The Labute approximate surface area is 195 Å². The summed E-state index contributed by atoms with van der Waals surface area (Å²) in [5.74, 6) is -0.836. The van der Waals surface area contributed by atoms with Crippen LogP contribution in [-0.4, -0.2) is 63.6 Å². The summed E-state index contributed by atoms with van der Waals surface area (Å²) in [7, 11) is 1.69. The molecule has 2 aliphatic rings. The molecule has 9 nitrogen and oxygen atoms in total. The number of likely N-dealkylation sites (tertiary alicyclic amines) is 1. The summed E-state index contributed by atoms with van der Waals surface area (Å²) in [4.78, 5) is 26.1. The molecular formula is C21H24BrFN6O3. The van der Waals surface area contributed by atoms with E-state index in [9.17, 15) is 14.0 Å². The molecule has 1 aromatic carbocycles. The minimum absolute atomic E-state index is 0.241. The Balaban J connectivity index is 1.49. The van der Waals surface area contributed by atoms with Crippen molar-refractivity contribution >= 4 is 33.6 Å². The number of amides is 2. The van der Waals surface area contributed by atoms with Crippen molar-refractivity contribution in [1.29, 1.82) is 0 Å². The number of aromatic nitrogens is 2. The highest BCUT2D eigenvalue weighted by Crippen LogP contribution is 2.35. The lowest BCUT2D eigenvalue weighted by Gasteiger charge is -2.43. The molecule has 1 saturated heterocycles. The fourth-order valence-corrected chi connectivity index (χ4v) is 4.44. The number of carbonyl (C=O) groups is 2. The average molecular weight is 509 g/mol. The molecular weight excluding hydrogens is 483 g/mol. The van der Waals surface area contributed by atoms with Crippen LogP contribution in [0, 0.1) is 5.82 Å². The summed E-state index contributed by atoms with van der Waals surface area (Å²) in [6.07, 6.45) is 2.82. The number of carbonyl (C=O) groups excluding carboxylic acids is 2. The third-order valence-electron chi connectivity index (χ3n) is 5.43. The number of halogens is 2. The summed E-state index contributed by atoms with van der Waals surface area (Å²) in [5, 5.41) is 10.9. The second-order valence-corrected chi connectivity index (χ2v) is 8.65. The van der Waals surface area contributed by atoms with Gasteiger partial charge in [-0.25, -0.2) is 14.6 Å². The first kappa shape index (κ1) is 19.9. The molecule has 3 heterocycles. The van der Waals surface area contributed by atoms with E-state index in [1.54, 1.807) is 31.1 Å². The minimum Gasteiger partial charge on any atom is -0.435 e. The Bertz CT molecular complexity index is 1150. The van der Waals surface area contributed by atoms with Gasteiger partial charge in [-0.05, 0) is 25.1 Å². The van der Waals surface area contributed by atoms with Crippen molar-refractivity contribution in [1.82, 2.24) is 25.4 Å². The summed E-state index contributed by atoms with van der Waals surface area (Å²) in [5.41, 5.74) is 2.59. The summed E-state index contributed by atoms with van der Waals surface area (Å²) in [6, 6.07) is 3.34. The van der Waals surface area contributed by atoms with E-state index in [-0.39, 0.29) is 25.9 Å². The zero-order chi connectivity index (χ0) is 24.7. The maximum atomic E-state index is 13.6. The van der Waals surface area contributed by atoms with Crippen LogP contribution in [-0.2, 0) is 11.8 Å². The fourth-order valence-electron chi connectivity index (χ4n) is 3.90. The topological polar surface area (TPSA) is 101 Å². The number of hydrazone groups is 1. The molecule has 170 valence electrons. The van der Waals surface area contributed by atoms with Crippen LogP contribution in [0.5, 0.6) is 0 Å². The van der Waals surface area contributed by atoms with Gasteiger partial charge in [0.15, 0.2) is 5.60 Å². The minimum atomic E-state index is -1.87. The molecule has 0 aliphatic carbocycles. The van der Waals surface area contributed by atoms with Gasteiger partial charge in [0.2, 0.25) is 0 Å². The number of nitrogens with zero attached hydrogens (tertiary/aromatic N) is 4. The average Bonchev–Trinajstić information content (AvgIpc) is 3.21. The highest BCUT2D eigenvalue weighted by Gasteiger charge is 2.46. The summed E-state index contributed by atoms with van der Waals surface area (Å²) < 4.78 is 38.6. The van der Waals surface area contributed by atoms with E-state index >= 15 is 0 Å². The molecule has 1 fully saturated rings. The number of rotatable bonds is 5. The molecule has 0 unspecified atom stereocenters. The van der Waals surface area contributed by atoms with Crippen molar-refractivity contribution < 1.29 is 21.5 Å². The van der Waals surface area contributed by atoms with Crippen LogP contribution >= 0.6 is 15.9 Å². The van der Waals surface area contributed by atoms with Crippen molar-refractivity contribution in [3.63, 3.8) is 0 Å². The lowest BCUT2D eigenvalue weighted by molar-refractivity contribution is 0.00485. The zero-order valence-electron chi connectivity index (χ0n) is 19.6. The van der Waals surface area contributed by atoms with Gasteiger partial charge in [-0.15, -0.1) is 0 Å². The molecule has 0 radical (unpaired) electrons. The molecule has 1 aromatic heterocycles. The Morgan fingerprint density at radius 2 is 2.22 bits per heavy atom. The maximum absolute atomic E-state index is 13.6. The van der Waals surface area contributed by atoms with E-state index < -0.39 is 36.0 Å². The second-order valence-electron chi connectivity index (χ2n) is 7.79. The monoisotopic (exact) mass is 508 g/mol. The Hall–Kier alpha value is -2.79. The van der Waals surface area contributed by atoms with Crippen LogP contribution in [0.3, 0.4) is 0 Å². The maximum Gasteiger partial charge on any atom is 0.428 e. The molecule has 0 bridgehead atoms. The standard InChI is InChI=1S/C21H24BrFN6O3/c1-13(25-19(30)14-10-24-28(2)12-14)11-29-7-5-21(6-8-29)18(26-27-20(31)32-21)16-4-3-15(23)9-17(16)22/h3-4,9-10,12-13H,5-8,11H2,1-2H3,(H,25,30)(H,27,31)/t13-/m0/s1/i11D2. The van der Waals surface area contributed by atoms with E-state index in [1.807, 2.05) is 0 Å². The molecule has 4 rings (SSSR count). The van der Waals surface area contributed by atoms with Crippen molar-refractivity contribution in [2.24, 2.45) is 12.1 Å². The highest BCUT2D eigenvalue weighted by molar-refractivity contribution is 9.10. The smallest absolute Gasteiger partial charge is 0.428 e. The number of piperidine rings is 1. The molecule has 0 saturated carbocycles. The quantitative estimate of drug-likeness (QED) is 0.645. The molecule has 1 spiro atoms. The van der Waals surface area contributed by atoms with Gasteiger partial charge in [-0.2, -0.15) is 10.2 Å². The van der Waals surface area contributed by atoms with Gasteiger partial charge in [0.1, 0.15) is 11.5 Å². The number of ether oxygens (including phenoxy) is 1. The van der Waals surface area contributed by atoms with Crippen LogP contribution < -0.4 is 10.7 Å². The number of hydrogen-bond donors (Lipinski definition) is 2. The first-order valence-corrected chi connectivity index (χ1v) is 10.9. The number of nitrogens with one attached hydrogen (secondary N) is 2. The Morgan fingerprint density at radius 1 is 1.47 bits per heavy atom. The largest absolute Gasteiger partial charge is 0.435 e. The SMILES string of the molecule is [2H]C([2H])([C@H](C)NC(=O)c1cnn(C)c1)N1CCC2(CC1)OC(=O)NN=C2c1ccc(F)cc1Br. The second kappa shape index (κ2) is 8.99. The van der Waals surface area contributed by atoms with Crippen LogP contribution in [0.2, 0.25) is 0 Å². The van der Waals surface area contributed by atoms with E-state index in [2.05, 4.69) is 36.9 Å². The van der Waals surface area contributed by atoms with Crippen molar-refractivity contribution in [3.8, 4) is 0 Å². The number of hydrogen-bond acceptors (Lipinski definition) is 6.